The molecule has 0 fully saturated rings. The molecule has 23 heavy (non-hydrogen) atoms. The summed E-state index contributed by atoms with van der Waals surface area (Å²) in [4.78, 5) is 25.3. The highest BCUT2D eigenvalue weighted by Gasteiger charge is 2.07. The van der Waals surface area contributed by atoms with Gasteiger partial charge in [-0.25, -0.2) is 0 Å². The third kappa shape index (κ3) is 4.95. The summed E-state index contributed by atoms with van der Waals surface area (Å²) in [6, 6.07) is 15.1. The van der Waals surface area contributed by atoms with Gasteiger partial charge in [0.25, 0.3) is 5.91 Å². The van der Waals surface area contributed by atoms with Crippen LogP contribution in [0.25, 0.3) is 0 Å². The van der Waals surface area contributed by atoms with Gasteiger partial charge in [0.1, 0.15) is 0 Å². The predicted octanol–water partition coefficient (Wildman–Crippen LogP) is 3.27. The highest BCUT2D eigenvalue weighted by atomic mass is 16.2. The van der Waals surface area contributed by atoms with Gasteiger partial charge < -0.3 is 10.2 Å². The zero-order valence-electron chi connectivity index (χ0n) is 13.8. The van der Waals surface area contributed by atoms with Crippen molar-refractivity contribution in [1.29, 1.82) is 0 Å². The monoisotopic (exact) mass is 310 g/mol. The number of aryl methyl sites for hydroxylation is 2. The maximum Gasteiger partial charge on any atom is 0.255 e. The standard InChI is InChI=1S/C19H22N2O2/c1-14-4-9-16(10-5-14)19(23)20-17-11-6-15(7-12-17)8-13-18(22)21(2)3/h4-7,9-12H,8,13H2,1-3H3,(H,20,23). The minimum atomic E-state index is -0.125. The third-order valence-electron chi connectivity index (χ3n) is 3.65. The summed E-state index contributed by atoms with van der Waals surface area (Å²) in [6.07, 6.45) is 1.19. The number of nitrogens with zero attached hydrogens (tertiary/aromatic N) is 1. The summed E-state index contributed by atoms with van der Waals surface area (Å²) >= 11 is 0. The molecule has 0 unspecified atom stereocenters. The Labute approximate surface area is 137 Å². The molecular weight excluding hydrogens is 288 g/mol. The van der Waals surface area contributed by atoms with Crippen molar-refractivity contribution in [2.24, 2.45) is 0 Å². The van der Waals surface area contributed by atoms with Crippen molar-refractivity contribution in [3.05, 3.63) is 65.2 Å². The maximum atomic E-state index is 12.1. The predicted molar refractivity (Wildman–Crippen MR) is 92.6 cm³/mol. The van der Waals surface area contributed by atoms with E-state index in [9.17, 15) is 9.59 Å². The maximum absolute atomic E-state index is 12.1. The first kappa shape index (κ1) is 16.7. The summed E-state index contributed by atoms with van der Waals surface area (Å²) in [5.41, 5.74) is 3.58. The van der Waals surface area contributed by atoms with E-state index in [0.29, 0.717) is 18.4 Å². The van der Waals surface area contributed by atoms with Gasteiger partial charge in [0.15, 0.2) is 0 Å². The van der Waals surface area contributed by atoms with Crippen LogP contribution < -0.4 is 5.32 Å². The second-order valence-corrected chi connectivity index (χ2v) is 5.81. The first-order valence-corrected chi connectivity index (χ1v) is 7.63. The number of anilines is 1. The average molecular weight is 310 g/mol. The Morgan fingerprint density at radius 3 is 2.13 bits per heavy atom. The SMILES string of the molecule is Cc1ccc(C(=O)Nc2ccc(CCC(=O)N(C)C)cc2)cc1. The Morgan fingerprint density at radius 1 is 0.957 bits per heavy atom. The van der Waals surface area contributed by atoms with Gasteiger partial charge in [0.2, 0.25) is 5.91 Å². The number of hydrogen-bond donors (Lipinski definition) is 1. The molecular formula is C19H22N2O2. The lowest BCUT2D eigenvalue weighted by molar-refractivity contribution is -0.128. The van der Waals surface area contributed by atoms with Crippen LogP contribution in [-0.4, -0.2) is 30.8 Å². The molecule has 120 valence electrons. The lowest BCUT2D eigenvalue weighted by Crippen LogP contribution is -2.21. The molecule has 2 amide bonds. The Bertz CT molecular complexity index is 674. The molecule has 2 aromatic rings. The average Bonchev–Trinajstić information content (AvgIpc) is 2.54. The topological polar surface area (TPSA) is 49.4 Å². The molecule has 0 aliphatic carbocycles. The molecule has 4 nitrogen and oxygen atoms in total. The first-order chi connectivity index (χ1) is 11.0. The van der Waals surface area contributed by atoms with Crippen molar-refractivity contribution in [1.82, 2.24) is 4.90 Å². The van der Waals surface area contributed by atoms with Crippen LogP contribution in [0.4, 0.5) is 5.69 Å². The number of carbonyl (C=O) groups excluding carboxylic acids is 2. The van der Waals surface area contributed by atoms with E-state index in [1.165, 1.54) is 0 Å². The lowest BCUT2D eigenvalue weighted by atomic mass is 10.1. The van der Waals surface area contributed by atoms with Gasteiger partial charge in [-0.2, -0.15) is 0 Å². The van der Waals surface area contributed by atoms with Crippen LogP contribution in [0.15, 0.2) is 48.5 Å². The van der Waals surface area contributed by atoms with Crippen LogP contribution in [0.1, 0.15) is 27.9 Å². The highest BCUT2D eigenvalue weighted by molar-refractivity contribution is 6.04. The Hall–Kier alpha value is -2.62. The molecule has 0 radical (unpaired) electrons. The van der Waals surface area contributed by atoms with Crippen molar-refractivity contribution in [3.8, 4) is 0 Å². The van der Waals surface area contributed by atoms with Crippen molar-refractivity contribution in [3.63, 3.8) is 0 Å². The highest BCUT2D eigenvalue weighted by Crippen LogP contribution is 2.13. The van der Waals surface area contributed by atoms with E-state index in [-0.39, 0.29) is 11.8 Å². The summed E-state index contributed by atoms with van der Waals surface area (Å²) in [5, 5.41) is 2.87. The molecule has 4 heteroatoms. The van der Waals surface area contributed by atoms with Crippen LogP contribution in [0.3, 0.4) is 0 Å². The van der Waals surface area contributed by atoms with Gasteiger partial charge in [-0.3, -0.25) is 9.59 Å². The smallest absolute Gasteiger partial charge is 0.255 e. The van der Waals surface area contributed by atoms with E-state index in [1.807, 2.05) is 55.5 Å². The third-order valence-corrected chi connectivity index (χ3v) is 3.65. The van der Waals surface area contributed by atoms with E-state index in [0.717, 1.165) is 16.8 Å². The molecule has 1 N–H and O–H groups in total. The Kier molecular flexibility index (Phi) is 5.52. The summed E-state index contributed by atoms with van der Waals surface area (Å²) in [5.74, 6) is -0.0118. The normalized spacial score (nSPS) is 10.2. The molecule has 0 saturated carbocycles. The summed E-state index contributed by atoms with van der Waals surface area (Å²) in [6.45, 7) is 1.99. The number of benzene rings is 2. The fraction of sp³-hybridized carbons (Fsp3) is 0.263. The van der Waals surface area contributed by atoms with E-state index in [4.69, 9.17) is 0 Å². The molecule has 0 aromatic heterocycles. The molecule has 0 saturated heterocycles. The fourth-order valence-corrected chi connectivity index (χ4v) is 2.14. The fourth-order valence-electron chi connectivity index (χ4n) is 2.14. The molecule has 0 heterocycles. The molecule has 2 rings (SSSR count). The van der Waals surface area contributed by atoms with Crippen molar-refractivity contribution >= 4 is 17.5 Å². The number of amides is 2. The van der Waals surface area contributed by atoms with Gasteiger partial charge in [0, 0.05) is 31.8 Å². The molecule has 0 bridgehead atoms. The molecule has 0 spiro atoms. The zero-order chi connectivity index (χ0) is 16.8. The Morgan fingerprint density at radius 2 is 1.57 bits per heavy atom. The quantitative estimate of drug-likeness (QED) is 0.921. The van der Waals surface area contributed by atoms with Crippen LogP contribution in [0.5, 0.6) is 0 Å². The van der Waals surface area contributed by atoms with E-state index < -0.39 is 0 Å². The van der Waals surface area contributed by atoms with Gasteiger partial charge in [0.05, 0.1) is 0 Å². The van der Waals surface area contributed by atoms with Crippen molar-refractivity contribution in [2.45, 2.75) is 19.8 Å². The van der Waals surface area contributed by atoms with Crippen LogP contribution in [-0.2, 0) is 11.2 Å². The van der Waals surface area contributed by atoms with E-state index in [1.54, 1.807) is 19.0 Å². The minimum absolute atomic E-state index is 0.113. The summed E-state index contributed by atoms with van der Waals surface area (Å²) in [7, 11) is 3.51. The van der Waals surface area contributed by atoms with Crippen molar-refractivity contribution in [2.75, 3.05) is 19.4 Å². The van der Waals surface area contributed by atoms with E-state index >= 15 is 0 Å². The number of rotatable bonds is 5. The molecule has 2 aromatic carbocycles. The molecule has 0 aliphatic rings. The van der Waals surface area contributed by atoms with Crippen LogP contribution >= 0.6 is 0 Å². The van der Waals surface area contributed by atoms with Crippen LogP contribution in [0, 0.1) is 6.92 Å². The first-order valence-electron chi connectivity index (χ1n) is 7.63. The second-order valence-electron chi connectivity index (χ2n) is 5.81. The van der Waals surface area contributed by atoms with Gasteiger partial charge in [-0.1, -0.05) is 29.8 Å². The zero-order valence-corrected chi connectivity index (χ0v) is 13.8. The lowest BCUT2D eigenvalue weighted by Gasteiger charge is -2.10. The van der Waals surface area contributed by atoms with Gasteiger partial charge in [-0.05, 0) is 43.2 Å². The van der Waals surface area contributed by atoms with Gasteiger partial charge in [-0.15, -0.1) is 0 Å². The van der Waals surface area contributed by atoms with E-state index in [2.05, 4.69) is 5.32 Å². The minimum Gasteiger partial charge on any atom is -0.349 e. The van der Waals surface area contributed by atoms with Gasteiger partial charge >= 0.3 is 0 Å². The second kappa shape index (κ2) is 7.58. The number of nitrogens with one attached hydrogen (secondary N) is 1. The largest absolute Gasteiger partial charge is 0.349 e. The summed E-state index contributed by atoms with van der Waals surface area (Å²) < 4.78 is 0. The Balaban J connectivity index is 1.93. The number of hydrogen-bond acceptors (Lipinski definition) is 2. The van der Waals surface area contributed by atoms with Crippen LogP contribution in [0.2, 0.25) is 0 Å². The molecule has 0 aliphatic heterocycles. The van der Waals surface area contributed by atoms with Crippen molar-refractivity contribution < 1.29 is 9.59 Å². The molecule has 0 atom stereocenters. The number of carbonyl (C=O) groups is 2.